The molecule has 1 aromatic heterocycles. The molecule has 5 N–H and O–H groups in total. The van der Waals surface area contributed by atoms with Crippen molar-refractivity contribution in [1.82, 2.24) is 4.98 Å². The Bertz CT molecular complexity index is 473. The van der Waals surface area contributed by atoms with E-state index in [1.807, 2.05) is 20.8 Å². The minimum atomic E-state index is -0.564. The lowest BCUT2D eigenvalue weighted by Crippen LogP contribution is -2.39. The van der Waals surface area contributed by atoms with Crippen molar-refractivity contribution in [3.05, 3.63) is 5.69 Å². The van der Waals surface area contributed by atoms with Crippen LogP contribution in [0.15, 0.2) is 4.21 Å². The number of nitrogens with two attached hydrogens (primary N) is 2. The van der Waals surface area contributed by atoms with Gasteiger partial charge in [0.2, 0.25) is 11.8 Å². The van der Waals surface area contributed by atoms with E-state index in [9.17, 15) is 9.59 Å². The third-order valence-electron chi connectivity index (χ3n) is 2.35. The van der Waals surface area contributed by atoms with Gasteiger partial charge < -0.3 is 16.8 Å². The van der Waals surface area contributed by atoms with Crippen LogP contribution in [0.5, 0.6) is 0 Å². The first-order valence-corrected chi connectivity index (χ1v) is 7.56. The van der Waals surface area contributed by atoms with Crippen LogP contribution in [-0.2, 0) is 9.59 Å². The van der Waals surface area contributed by atoms with Gasteiger partial charge in [-0.25, -0.2) is 4.98 Å². The van der Waals surface area contributed by atoms with E-state index in [0.717, 1.165) is 9.90 Å². The molecule has 0 aliphatic carbocycles. The number of anilines is 1. The second-order valence-corrected chi connectivity index (χ2v) is 6.65. The number of rotatable bonds is 6. The van der Waals surface area contributed by atoms with Gasteiger partial charge in [-0.2, -0.15) is 0 Å². The number of aromatic nitrogens is 1. The standard InChI is InChI=1S/C11H18N4O2S2/c1-5(2)8(13)9(17)15-11-14-6(3)10(19-11)18-4-7(12)16/h5,8H,4,13H2,1-3H3,(H2,12,16)(H,14,15,17). The van der Waals surface area contributed by atoms with Gasteiger partial charge in [-0.15, -0.1) is 11.8 Å². The summed E-state index contributed by atoms with van der Waals surface area (Å²) in [6.07, 6.45) is 0. The third kappa shape index (κ3) is 4.81. The fourth-order valence-corrected chi connectivity index (χ4v) is 3.08. The average Bonchev–Trinajstić information content (AvgIpc) is 2.65. The number of thiazole rings is 1. The van der Waals surface area contributed by atoms with Crippen LogP contribution in [-0.4, -0.2) is 28.6 Å². The van der Waals surface area contributed by atoms with Crippen molar-refractivity contribution in [2.24, 2.45) is 17.4 Å². The summed E-state index contributed by atoms with van der Waals surface area (Å²) < 4.78 is 0.868. The summed E-state index contributed by atoms with van der Waals surface area (Å²) >= 11 is 2.63. The highest BCUT2D eigenvalue weighted by Gasteiger charge is 2.19. The van der Waals surface area contributed by atoms with Crippen LogP contribution in [0, 0.1) is 12.8 Å². The van der Waals surface area contributed by atoms with Gasteiger partial charge >= 0.3 is 0 Å². The Morgan fingerprint density at radius 2 is 2.11 bits per heavy atom. The number of nitrogens with one attached hydrogen (secondary N) is 1. The van der Waals surface area contributed by atoms with Crippen LogP contribution in [0.25, 0.3) is 0 Å². The lowest BCUT2D eigenvalue weighted by Gasteiger charge is -2.13. The van der Waals surface area contributed by atoms with Crippen molar-refractivity contribution in [1.29, 1.82) is 0 Å². The van der Waals surface area contributed by atoms with Crippen LogP contribution in [0.3, 0.4) is 0 Å². The van der Waals surface area contributed by atoms with Crippen molar-refractivity contribution in [3.63, 3.8) is 0 Å². The molecule has 0 aromatic carbocycles. The number of hydrogen-bond donors (Lipinski definition) is 3. The van der Waals surface area contributed by atoms with Crippen LogP contribution < -0.4 is 16.8 Å². The monoisotopic (exact) mass is 302 g/mol. The summed E-state index contributed by atoms with van der Waals surface area (Å²) in [4.78, 5) is 26.8. The first-order chi connectivity index (χ1) is 8.81. The van der Waals surface area contributed by atoms with E-state index in [1.54, 1.807) is 0 Å². The summed E-state index contributed by atoms with van der Waals surface area (Å²) in [5.74, 6) is -0.382. The first kappa shape index (κ1) is 15.9. The van der Waals surface area contributed by atoms with Crippen molar-refractivity contribution in [2.45, 2.75) is 31.0 Å². The van der Waals surface area contributed by atoms with Crippen molar-refractivity contribution < 1.29 is 9.59 Å². The Kier molecular flexibility index (Phi) is 5.77. The minimum absolute atomic E-state index is 0.0600. The topological polar surface area (TPSA) is 111 Å². The predicted molar refractivity (Wildman–Crippen MR) is 78.2 cm³/mol. The number of carbonyl (C=O) groups is 2. The summed E-state index contributed by atoms with van der Waals surface area (Å²) in [7, 11) is 0. The quantitative estimate of drug-likeness (QED) is 0.677. The maximum absolute atomic E-state index is 11.8. The Morgan fingerprint density at radius 3 is 2.63 bits per heavy atom. The molecule has 1 aromatic rings. The molecule has 1 unspecified atom stereocenters. The Labute approximate surface area is 120 Å². The highest BCUT2D eigenvalue weighted by Crippen LogP contribution is 2.31. The fraction of sp³-hybridized carbons (Fsp3) is 0.545. The Hall–Kier alpha value is -1.12. The highest BCUT2D eigenvalue weighted by molar-refractivity contribution is 8.01. The zero-order chi connectivity index (χ0) is 14.6. The lowest BCUT2D eigenvalue weighted by atomic mass is 10.1. The van der Waals surface area contributed by atoms with E-state index in [4.69, 9.17) is 11.5 Å². The summed E-state index contributed by atoms with van der Waals surface area (Å²) in [6.45, 7) is 5.58. The molecule has 0 radical (unpaired) electrons. The summed E-state index contributed by atoms with van der Waals surface area (Å²) in [5, 5.41) is 3.18. The molecule has 0 bridgehead atoms. The molecule has 1 heterocycles. The number of nitrogens with zero attached hydrogens (tertiary/aromatic N) is 1. The molecule has 0 spiro atoms. The van der Waals surface area contributed by atoms with Gasteiger partial charge in [0, 0.05) is 0 Å². The third-order valence-corrected chi connectivity index (χ3v) is 4.81. The van der Waals surface area contributed by atoms with Gasteiger partial charge in [-0.05, 0) is 12.8 Å². The molecule has 0 aliphatic heterocycles. The SMILES string of the molecule is Cc1nc(NC(=O)C(N)C(C)C)sc1SCC(N)=O. The van der Waals surface area contributed by atoms with Gasteiger partial charge in [0.05, 0.1) is 21.7 Å². The molecular formula is C11H18N4O2S2. The number of amides is 2. The van der Waals surface area contributed by atoms with Gasteiger partial charge in [-0.3, -0.25) is 9.59 Å². The summed E-state index contributed by atoms with van der Waals surface area (Å²) in [5.41, 5.74) is 11.6. The zero-order valence-electron chi connectivity index (χ0n) is 11.1. The van der Waals surface area contributed by atoms with Gasteiger partial charge in [0.25, 0.3) is 0 Å². The van der Waals surface area contributed by atoms with Crippen molar-refractivity contribution >= 4 is 40.0 Å². The Morgan fingerprint density at radius 1 is 1.47 bits per heavy atom. The van der Waals surface area contributed by atoms with Gasteiger partial charge in [-0.1, -0.05) is 25.2 Å². The predicted octanol–water partition coefficient (Wildman–Crippen LogP) is 0.951. The van der Waals surface area contributed by atoms with Gasteiger partial charge in [0.15, 0.2) is 5.13 Å². The lowest BCUT2D eigenvalue weighted by molar-refractivity contribution is -0.118. The Balaban J connectivity index is 2.68. The second-order valence-electron chi connectivity index (χ2n) is 4.41. The number of carbonyl (C=O) groups excluding carboxylic acids is 2. The smallest absolute Gasteiger partial charge is 0.243 e. The normalized spacial score (nSPS) is 12.5. The number of aryl methyl sites for hydroxylation is 1. The maximum Gasteiger partial charge on any atom is 0.243 e. The highest BCUT2D eigenvalue weighted by atomic mass is 32.2. The number of thioether (sulfide) groups is 1. The molecule has 6 nitrogen and oxygen atoms in total. The molecule has 106 valence electrons. The molecular weight excluding hydrogens is 284 g/mol. The molecule has 1 atom stereocenters. The largest absolute Gasteiger partial charge is 0.369 e. The second kappa shape index (κ2) is 6.88. The maximum atomic E-state index is 11.8. The van der Waals surface area contributed by atoms with E-state index in [2.05, 4.69) is 10.3 Å². The zero-order valence-corrected chi connectivity index (χ0v) is 12.7. The number of primary amides is 1. The van der Waals surface area contributed by atoms with E-state index >= 15 is 0 Å². The fourth-order valence-electron chi connectivity index (χ4n) is 1.20. The molecule has 0 saturated carbocycles. The van der Waals surface area contributed by atoms with Crippen molar-refractivity contribution in [2.75, 3.05) is 11.1 Å². The number of hydrogen-bond acceptors (Lipinski definition) is 6. The first-order valence-electron chi connectivity index (χ1n) is 5.76. The van der Waals surface area contributed by atoms with Crippen LogP contribution in [0.4, 0.5) is 5.13 Å². The molecule has 0 aliphatic rings. The molecule has 19 heavy (non-hydrogen) atoms. The average molecular weight is 302 g/mol. The molecule has 2 amide bonds. The van der Waals surface area contributed by atoms with E-state index in [-0.39, 0.29) is 23.5 Å². The minimum Gasteiger partial charge on any atom is -0.369 e. The summed E-state index contributed by atoms with van der Waals surface area (Å²) in [6, 6.07) is -0.564. The molecule has 8 heteroatoms. The van der Waals surface area contributed by atoms with E-state index in [0.29, 0.717) is 5.13 Å². The van der Waals surface area contributed by atoms with Gasteiger partial charge in [0.1, 0.15) is 0 Å². The molecule has 0 fully saturated rings. The van der Waals surface area contributed by atoms with E-state index in [1.165, 1.54) is 23.1 Å². The van der Waals surface area contributed by atoms with Crippen molar-refractivity contribution in [3.8, 4) is 0 Å². The van der Waals surface area contributed by atoms with Crippen LogP contribution in [0.1, 0.15) is 19.5 Å². The molecule has 0 saturated heterocycles. The van der Waals surface area contributed by atoms with E-state index < -0.39 is 6.04 Å². The van der Waals surface area contributed by atoms with Crippen LogP contribution >= 0.6 is 23.1 Å². The molecule has 1 rings (SSSR count). The van der Waals surface area contributed by atoms with Crippen LogP contribution in [0.2, 0.25) is 0 Å².